The van der Waals surface area contributed by atoms with Crippen molar-refractivity contribution in [2.75, 3.05) is 7.05 Å². The first-order valence-electron chi connectivity index (χ1n) is 8.52. The van der Waals surface area contributed by atoms with E-state index in [9.17, 15) is 9.59 Å². The number of nitrogens with zero attached hydrogens (tertiary/aromatic N) is 4. The van der Waals surface area contributed by atoms with Crippen LogP contribution in [0.15, 0.2) is 60.9 Å². The predicted molar refractivity (Wildman–Crippen MR) is 98.7 cm³/mol. The molecule has 0 spiro atoms. The minimum absolute atomic E-state index is 0.146. The third-order valence-corrected chi connectivity index (χ3v) is 4.17. The van der Waals surface area contributed by atoms with Gasteiger partial charge in [-0.05, 0) is 33.7 Å². The minimum Gasteiger partial charge on any atom is -0.355 e. The first-order valence-corrected chi connectivity index (χ1v) is 8.52. The van der Waals surface area contributed by atoms with E-state index >= 15 is 0 Å². The normalized spacial score (nSPS) is 11.6. The van der Waals surface area contributed by atoms with E-state index in [4.69, 9.17) is 0 Å². The molecule has 0 saturated heterocycles. The molecule has 1 atom stereocenters. The molecule has 1 unspecified atom stereocenters. The Morgan fingerprint density at radius 3 is 2.41 bits per heavy atom. The van der Waals surface area contributed by atoms with E-state index in [1.807, 2.05) is 42.5 Å². The fourth-order valence-electron chi connectivity index (χ4n) is 2.68. The Morgan fingerprint density at radius 1 is 1.04 bits per heavy atom. The summed E-state index contributed by atoms with van der Waals surface area (Å²) in [6.45, 7) is 0.347. The smallest absolute Gasteiger partial charge is 0.251 e. The van der Waals surface area contributed by atoms with Crippen LogP contribution in [0.1, 0.15) is 27.5 Å². The lowest BCUT2D eigenvalue weighted by Crippen LogP contribution is -2.34. The summed E-state index contributed by atoms with van der Waals surface area (Å²) in [6, 6.07) is 16.2. The number of aromatic nitrogens is 4. The Hall–Kier alpha value is -3.55. The maximum absolute atomic E-state index is 12.7. The maximum Gasteiger partial charge on any atom is 0.251 e. The van der Waals surface area contributed by atoms with Crippen LogP contribution < -0.4 is 10.6 Å². The van der Waals surface area contributed by atoms with Gasteiger partial charge in [0.2, 0.25) is 5.91 Å². The Morgan fingerprint density at radius 2 is 1.78 bits per heavy atom. The van der Waals surface area contributed by atoms with Gasteiger partial charge in [0.1, 0.15) is 12.4 Å². The summed E-state index contributed by atoms with van der Waals surface area (Å²) in [7, 11) is 1.59. The van der Waals surface area contributed by atoms with Crippen molar-refractivity contribution in [1.82, 2.24) is 30.8 Å². The van der Waals surface area contributed by atoms with Crippen LogP contribution in [-0.4, -0.2) is 39.1 Å². The van der Waals surface area contributed by atoms with Crippen LogP contribution in [0.25, 0.3) is 0 Å². The molecule has 2 amide bonds. The second kappa shape index (κ2) is 8.70. The van der Waals surface area contributed by atoms with E-state index in [-0.39, 0.29) is 11.8 Å². The summed E-state index contributed by atoms with van der Waals surface area (Å²) < 4.78 is 1.46. The highest BCUT2D eigenvalue weighted by atomic mass is 16.2. The lowest BCUT2D eigenvalue weighted by Gasteiger charge is -2.16. The third kappa shape index (κ3) is 4.75. The van der Waals surface area contributed by atoms with E-state index in [0.29, 0.717) is 18.5 Å². The molecule has 3 rings (SSSR count). The zero-order valence-electron chi connectivity index (χ0n) is 14.9. The quantitative estimate of drug-likeness (QED) is 0.654. The highest BCUT2D eigenvalue weighted by Gasteiger charge is 2.22. The van der Waals surface area contributed by atoms with E-state index in [1.54, 1.807) is 19.2 Å². The molecule has 1 heterocycles. The molecule has 0 aliphatic rings. The molecule has 8 nitrogen and oxygen atoms in total. The fourth-order valence-corrected chi connectivity index (χ4v) is 2.68. The van der Waals surface area contributed by atoms with Gasteiger partial charge in [0.25, 0.3) is 5.91 Å². The summed E-state index contributed by atoms with van der Waals surface area (Å²) >= 11 is 0. The number of nitrogens with one attached hydrogen (secondary N) is 2. The van der Waals surface area contributed by atoms with Crippen molar-refractivity contribution in [3.05, 3.63) is 77.6 Å². The number of tetrazole rings is 1. The average molecular weight is 364 g/mol. The van der Waals surface area contributed by atoms with Crippen LogP contribution in [0.2, 0.25) is 0 Å². The SMILES string of the molecule is CNC(=O)c1ccc(CNC(=O)C(Cc2ccccc2)n2cnnn2)cc1. The van der Waals surface area contributed by atoms with Gasteiger partial charge in [-0.2, -0.15) is 0 Å². The van der Waals surface area contributed by atoms with Crippen LogP contribution in [-0.2, 0) is 17.8 Å². The molecule has 2 N–H and O–H groups in total. The number of carbonyl (C=O) groups excluding carboxylic acids is 2. The van der Waals surface area contributed by atoms with Crippen LogP contribution in [0.5, 0.6) is 0 Å². The molecule has 1 aromatic heterocycles. The van der Waals surface area contributed by atoms with Gasteiger partial charge in [-0.3, -0.25) is 9.59 Å². The second-order valence-corrected chi connectivity index (χ2v) is 5.99. The van der Waals surface area contributed by atoms with Gasteiger partial charge < -0.3 is 10.6 Å². The summed E-state index contributed by atoms with van der Waals surface area (Å²) in [5, 5.41) is 16.6. The number of rotatable bonds is 7. The molecule has 8 heteroatoms. The van der Waals surface area contributed by atoms with Gasteiger partial charge in [-0.25, -0.2) is 4.68 Å². The van der Waals surface area contributed by atoms with Gasteiger partial charge in [-0.1, -0.05) is 42.5 Å². The maximum atomic E-state index is 12.7. The Balaban J connectivity index is 1.67. The zero-order valence-corrected chi connectivity index (χ0v) is 14.9. The molecule has 3 aromatic rings. The molecule has 0 radical (unpaired) electrons. The van der Waals surface area contributed by atoms with Gasteiger partial charge in [0.05, 0.1) is 0 Å². The molecule has 138 valence electrons. The molecular weight excluding hydrogens is 344 g/mol. The first-order chi connectivity index (χ1) is 13.2. The van der Waals surface area contributed by atoms with E-state index in [1.165, 1.54) is 11.0 Å². The first kappa shape index (κ1) is 18.2. The molecule has 0 saturated carbocycles. The van der Waals surface area contributed by atoms with Crippen LogP contribution >= 0.6 is 0 Å². The zero-order chi connectivity index (χ0) is 19.1. The van der Waals surface area contributed by atoms with Gasteiger partial charge in [-0.15, -0.1) is 5.10 Å². The summed E-state index contributed by atoms with van der Waals surface area (Å²) in [5.41, 5.74) is 2.48. The Kier molecular flexibility index (Phi) is 5.88. The number of hydrogen-bond donors (Lipinski definition) is 2. The van der Waals surface area contributed by atoms with Crippen molar-refractivity contribution in [1.29, 1.82) is 0 Å². The summed E-state index contributed by atoms with van der Waals surface area (Å²) in [6.07, 6.45) is 1.92. The van der Waals surface area contributed by atoms with Crippen molar-refractivity contribution in [2.45, 2.75) is 19.0 Å². The lowest BCUT2D eigenvalue weighted by molar-refractivity contribution is -0.124. The van der Waals surface area contributed by atoms with E-state index < -0.39 is 6.04 Å². The topological polar surface area (TPSA) is 102 Å². The summed E-state index contributed by atoms with van der Waals surface area (Å²) in [5.74, 6) is -0.325. The average Bonchev–Trinajstić information content (AvgIpc) is 3.25. The van der Waals surface area contributed by atoms with Crippen molar-refractivity contribution in [2.24, 2.45) is 0 Å². The van der Waals surface area contributed by atoms with Crippen LogP contribution in [0, 0.1) is 0 Å². The van der Waals surface area contributed by atoms with Crippen LogP contribution in [0.4, 0.5) is 0 Å². The minimum atomic E-state index is -0.549. The highest BCUT2D eigenvalue weighted by molar-refractivity contribution is 5.93. The van der Waals surface area contributed by atoms with Crippen molar-refractivity contribution < 1.29 is 9.59 Å². The molecule has 2 aromatic carbocycles. The molecule has 0 bridgehead atoms. The Bertz CT molecular complexity index is 878. The van der Waals surface area contributed by atoms with Crippen molar-refractivity contribution >= 4 is 11.8 Å². The van der Waals surface area contributed by atoms with E-state index in [2.05, 4.69) is 26.2 Å². The van der Waals surface area contributed by atoms with Gasteiger partial charge in [0.15, 0.2) is 0 Å². The third-order valence-electron chi connectivity index (χ3n) is 4.17. The summed E-state index contributed by atoms with van der Waals surface area (Å²) in [4.78, 5) is 24.3. The predicted octanol–water partition coefficient (Wildman–Crippen LogP) is 1.13. The fraction of sp³-hybridized carbons (Fsp3) is 0.211. The monoisotopic (exact) mass is 364 g/mol. The number of amides is 2. The second-order valence-electron chi connectivity index (χ2n) is 5.99. The molecule has 0 fully saturated rings. The molecule has 0 aliphatic carbocycles. The van der Waals surface area contributed by atoms with Crippen LogP contribution in [0.3, 0.4) is 0 Å². The number of hydrogen-bond acceptors (Lipinski definition) is 5. The molecular formula is C19H20N6O2. The van der Waals surface area contributed by atoms with Gasteiger partial charge in [0, 0.05) is 25.6 Å². The Labute approximate surface area is 156 Å². The van der Waals surface area contributed by atoms with E-state index in [0.717, 1.165) is 11.1 Å². The van der Waals surface area contributed by atoms with Gasteiger partial charge >= 0.3 is 0 Å². The van der Waals surface area contributed by atoms with Crippen molar-refractivity contribution in [3.63, 3.8) is 0 Å². The number of carbonyl (C=O) groups is 2. The molecule has 0 aliphatic heterocycles. The molecule has 27 heavy (non-hydrogen) atoms. The highest BCUT2D eigenvalue weighted by Crippen LogP contribution is 2.14. The lowest BCUT2D eigenvalue weighted by atomic mass is 10.1. The standard InChI is InChI=1S/C19H20N6O2/c1-20-18(26)16-9-7-15(8-10-16)12-21-19(27)17(25-13-22-23-24-25)11-14-5-3-2-4-6-14/h2-10,13,17H,11-12H2,1H3,(H,20,26)(H,21,27). The van der Waals surface area contributed by atoms with Crippen molar-refractivity contribution in [3.8, 4) is 0 Å². The number of benzene rings is 2. The largest absolute Gasteiger partial charge is 0.355 e.